The summed E-state index contributed by atoms with van der Waals surface area (Å²) in [5.41, 5.74) is 2.03. The molecule has 2 rings (SSSR count). The number of benzene rings is 1. The van der Waals surface area contributed by atoms with Crippen molar-refractivity contribution in [2.75, 3.05) is 22.9 Å². The van der Waals surface area contributed by atoms with Crippen LogP contribution in [0.5, 0.6) is 0 Å². The lowest BCUT2D eigenvalue weighted by atomic mass is 10.2. The van der Waals surface area contributed by atoms with Gasteiger partial charge in [0.15, 0.2) is 0 Å². The third-order valence-electron chi connectivity index (χ3n) is 3.16. The summed E-state index contributed by atoms with van der Waals surface area (Å²) in [7, 11) is 0. The van der Waals surface area contributed by atoms with Gasteiger partial charge in [-0.2, -0.15) is 0 Å². The van der Waals surface area contributed by atoms with E-state index in [1.54, 1.807) is 0 Å². The largest absolute Gasteiger partial charge is 0.411 e. The van der Waals surface area contributed by atoms with Gasteiger partial charge >= 0.3 is 0 Å². The molecular weight excluding hydrogens is 400 g/mol. The van der Waals surface area contributed by atoms with Gasteiger partial charge in [0.2, 0.25) is 0 Å². The highest BCUT2D eigenvalue weighted by Gasteiger charge is 2.33. The first kappa shape index (κ1) is 16.7. The van der Waals surface area contributed by atoms with Gasteiger partial charge in [0.25, 0.3) is 0 Å². The number of oxime groups is 1. The minimum Gasteiger partial charge on any atom is -0.411 e. The maximum absolute atomic E-state index is 8.81. The summed E-state index contributed by atoms with van der Waals surface area (Å²) in [5, 5.41) is 13.0. The van der Waals surface area contributed by atoms with Gasteiger partial charge in [0.1, 0.15) is 6.17 Å². The van der Waals surface area contributed by atoms with E-state index in [2.05, 4.69) is 15.0 Å². The van der Waals surface area contributed by atoms with Crippen LogP contribution in [0.2, 0.25) is 10.0 Å². The van der Waals surface area contributed by atoms with Crippen LogP contribution in [-0.2, 0) is 0 Å². The number of fused-ring (bicyclic) bond motifs is 1. The Morgan fingerprint density at radius 2 is 1.58 bits per heavy atom. The number of hydrogen-bond acceptors (Lipinski definition) is 4. The van der Waals surface area contributed by atoms with Crippen LogP contribution >= 0.6 is 47.2 Å². The Morgan fingerprint density at radius 1 is 1.16 bits per heavy atom. The molecule has 1 aromatic rings. The molecule has 0 saturated heterocycles. The minimum absolute atomic E-state index is 0. The molecule has 0 fully saturated rings. The molecule has 0 bridgehead atoms. The summed E-state index contributed by atoms with van der Waals surface area (Å²) in [4.78, 5) is 4.22. The highest BCUT2D eigenvalue weighted by molar-refractivity contribution is 14.0. The highest BCUT2D eigenvalue weighted by Crippen LogP contribution is 2.43. The molecule has 0 atom stereocenters. The normalized spacial score (nSPS) is 14.9. The molecule has 0 unspecified atom stereocenters. The van der Waals surface area contributed by atoms with E-state index in [1.807, 2.05) is 26.0 Å². The quantitative estimate of drug-likeness (QED) is 0.350. The summed E-state index contributed by atoms with van der Waals surface area (Å²) in [6.45, 7) is 5.67. The van der Waals surface area contributed by atoms with E-state index < -0.39 is 0 Å². The number of hydrogen-bond donors (Lipinski definition) is 1. The Bertz CT molecular complexity index is 447. The predicted octanol–water partition coefficient (Wildman–Crippen LogP) is 4.06. The second-order valence-corrected chi connectivity index (χ2v) is 4.82. The standard InChI is InChI=1S/C12H15Cl2N3O.HI/c1-3-16-10-5-8(13)9(14)6-11(10)17(4-2)12(16)7-15-18;/h5-7,12,18H,3-4H2,1-2H3;1H. The first-order valence-corrected chi connectivity index (χ1v) is 6.59. The molecule has 0 radical (unpaired) electrons. The molecule has 0 aliphatic carbocycles. The van der Waals surface area contributed by atoms with Gasteiger partial charge in [-0.3, -0.25) is 0 Å². The van der Waals surface area contributed by atoms with Crippen LogP contribution in [-0.4, -0.2) is 30.7 Å². The van der Waals surface area contributed by atoms with E-state index in [-0.39, 0.29) is 30.1 Å². The molecule has 0 aromatic heterocycles. The molecule has 19 heavy (non-hydrogen) atoms. The van der Waals surface area contributed by atoms with Gasteiger partial charge < -0.3 is 15.0 Å². The molecular formula is C12H16Cl2IN3O. The van der Waals surface area contributed by atoms with Crippen molar-refractivity contribution in [1.29, 1.82) is 0 Å². The van der Waals surface area contributed by atoms with Crippen LogP contribution < -0.4 is 9.80 Å². The van der Waals surface area contributed by atoms with Crippen LogP contribution in [0, 0.1) is 0 Å². The monoisotopic (exact) mass is 415 g/mol. The average Bonchev–Trinajstić information content (AvgIpc) is 2.63. The number of rotatable bonds is 3. The van der Waals surface area contributed by atoms with E-state index in [1.165, 1.54) is 6.21 Å². The van der Waals surface area contributed by atoms with Crippen LogP contribution in [0.25, 0.3) is 0 Å². The Morgan fingerprint density at radius 3 is 1.89 bits per heavy atom. The Kier molecular flexibility index (Phi) is 6.01. The van der Waals surface area contributed by atoms with Gasteiger partial charge in [-0.25, -0.2) is 0 Å². The lowest BCUT2D eigenvalue weighted by molar-refractivity contribution is 0.319. The molecule has 0 amide bonds. The topological polar surface area (TPSA) is 39.1 Å². The number of halogens is 3. The minimum atomic E-state index is -0.102. The lowest BCUT2D eigenvalue weighted by Gasteiger charge is -2.27. The van der Waals surface area contributed by atoms with Gasteiger partial charge in [-0.1, -0.05) is 28.4 Å². The maximum Gasteiger partial charge on any atom is 0.142 e. The molecule has 106 valence electrons. The van der Waals surface area contributed by atoms with Crippen molar-refractivity contribution in [1.82, 2.24) is 0 Å². The SMILES string of the molecule is CCN1c2cc(Cl)c(Cl)cc2N(CC)C1C=NO.I. The molecule has 1 aromatic carbocycles. The Balaban J connectivity index is 0.00000180. The summed E-state index contributed by atoms with van der Waals surface area (Å²) in [5.74, 6) is 0. The van der Waals surface area contributed by atoms with Crippen molar-refractivity contribution >= 4 is 64.8 Å². The smallest absolute Gasteiger partial charge is 0.142 e. The van der Waals surface area contributed by atoms with E-state index in [4.69, 9.17) is 28.4 Å². The van der Waals surface area contributed by atoms with Crippen molar-refractivity contribution in [3.63, 3.8) is 0 Å². The molecule has 1 aliphatic heterocycles. The van der Waals surface area contributed by atoms with Crippen LogP contribution in [0.1, 0.15) is 13.8 Å². The molecule has 1 aliphatic rings. The van der Waals surface area contributed by atoms with Crippen molar-refractivity contribution < 1.29 is 5.21 Å². The third kappa shape index (κ3) is 2.87. The molecule has 1 heterocycles. The van der Waals surface area contributed by atoms with E-state index in [0.717, 1.165) is 24.5 Å². The fourth-order valence-corrected chi connectivity index (χ4v) is 2.69. The van der Waals surface area contributed by atoms with Crippen LogP contribution in [0.4, 0.5) is 11.4 Å². The zero-order valence-electron chi connectivity index (χ0n) is 10.7. The van der Waals surface area contributed by atoms with Gasteiger partial charge in [-0.15, -0.1) is 24.0 Å². The second-order valence-electron chi connectivity index (χ2n) is 4.01. The van der Waals surface area contributed by atoms with E-state index >= 15 is 0 Å². The summed E-state index contributed by atoms with van der Waals surface area (Å²) in [6.07, 6.45) is 1.41. The maximum atomic E-state index is 8.81. The van der Waals surface area contributed by atoms with Crippen LogP contribution in [0.15, 0.2) is 17.3 Å². The molecule has 4 nitrogen and oxygen atoms in total. The van der Waals surface area contributed by atoms with E-state index in [9.17, 15) is 0 Å². The lowest BCUT2D eigenvalue weighted by Crippen LogP contribution is -2.44. The first-order valence-electron chi connectivity index (χ1n) is 5.83. The Hall–Kier alpha value is -0.400. The molecule has 0 spiro atoms. The molecule has 7 heteroatoms. The van der Waals surface area contributed by atoms with Gasteiger partial charge in [0, 0.05) is 13.1 Å². The van der Waals surface area contributed by atoms with Crippen LogP contribution in [0.3, 0.4) is 0 Å². The number of nitrogens with zero attached hydrogens (tertiary/aromatic N) is 3. The zero-order chi connectivity index (χ0) is 13.3. The van der Waals surface area contributed by atoms with Crippen molar-refractivity contribution in [2.24, 2.45) is 5.16 Å². The van der Waals surface area contributed by atoms with Crippen molar-refractivity contribution in [3.05, 3.63) is 22.2 Å². The summed E-state index contributed by atoms with van der Waals surface area (Å²) < 4.78 is 0. The van der Waals surface area contributed by atoms with Crippen molar-refractivity contribution in [3.8, 4) is 0 Å². The van der Waals surface area contributed by atoms with Gasteiger partial charge in [-0.05, 0) is 26.0 Å². The summed E-state index contributed by atoms with van der Waals surface area (Å²) in [6, 6.07) is 3.72. The molecule has 1 N–H and O–H groups in total. The van der Waals surface area contributed by atoms with E-state index in [0.29, 0.717) is 10.0 Å². The zero-order valence-corrected chi connectivity index (χ0v) is 14.5. The predicted molar refractivity (Wildman–Crippen MR) is 92.0 cm³/mol. The fourth-order valence-electron chi connectivity index (χ4n) is 2.37. The second kappa shape index (κ2) is 6.85. The molecule has 0 saturated carbocycles. The third-order valence-corrected chi connectivity index (χ3v) is 3.88. The first-order chi connectivity index (χ1) is 8.63. The van der Waals surface area contributed by atoms with Gasteiger partial charge in [0.05, 0.1) is 27.6 Å². The average molecular weight is 416 g/mol. The van der Waals surface area contributed by atoms with Crippen molar-refractivity contribution in [2.45, 2.75) is 20.0 Å². The fraction of sp³-hybridized carbons (Fsp3) is 0.417. The Labute approximate surface area is 140 Å². The summed E-state index contributed by atoms with van der Waals surface area (Å²) >= 11 is 12.1. The highest BCUT2D eigenvalue weighted by atomic mass is 127. The number of anilines is 2.